The maximum atomic E-state index is 12.4. The molecule has 4 heteroatoms. The van der Waals surface area contributed by atoms with Crippen LogP contribution in [0, 0.1) is 11.8 Å². The number of nitrogens with one attached hydrogen (secondary N) is 1. The van der Waals surface area contributed by atoms with Crippen molar-refractivity contribution in [3.63, 3.8) is 0 Å². The van der Waals surface area contributed by atoms with E-state index in [1.54, 1.807) is 0 Å². The normalized spacial score (nSPS) is 24.0. The van der Waals surface area contributed by atoms with Crippen LogP contribution in [0.4, 0.5) is 0 Å². The fourth-order valence-electron chi connectivity index (χ4n) is 3.17. The Morgan fingerprint density at radius 2 is 1.82 bits per heavy atom. The lowest BCUT2D eigenvalue weighted by molar-refractivity contribution is -0.126. The predicted octanol–water partition coefficient (Wildman–Crippen LogP) is 3.83. The molecule has 3 nitrogen and oxygen atoms in total. The summed E-state index contributed by atoms with van der Waals surface area (Å²) in [4.78, 5) is 12.4. The van der Waals surface area contributed by atoms with Crippen LogP contribution in [-0.4, -0.2) is 11.9 Å². The van der Waals surface area contributed by atoms with Crippen molar-refractivity contribution < 1.29 is 4.79 Å². The van der Waals surface area contributed by atoms with Gasteiger partial charge in [0.25, 0.3) is 0 Å². The van der Waals surface area contributed by atoms with Crippen LogP contribution in [0.25, 0.3) is 0 Å². The van der Waals surface area contributed by atoms with Gasteiger partial charge in [-0.3, -0.25) is 4.79 Å². The molecular weight excluding hydrogens is 296 g/mol. The summed E-state index contributed by atoms with van der Waals surface area (Å²) < 4.78 is 0. The van der Waals surface area contributed by atoms with Gasteiger partial charge in [0.15, 0.2) is 0 Å². The van der Waals surface area contributed by atoms with E-state index < -0.39 is 0 Å². The van der Waals surface area contributed by atoms with Gasteiger partial charge in [0.1, 0.15) is 0 Å². The fourth-order valence-corrected chi connectivity index (χ4v) is 3.17. The molecule has 2 rings (SSSR count). The Labute approximate surface area is 140 Å². The van der Waals surface area contributed by atoms with Crippen LogP contribution in [0.3, 0.4) is 0 Å². The number of amides is 1. The minimum absolute atomic E-state index is 0. The number of benzene rings is 1. The number of hydrogen-bond donors (Lipinski definition) is 2. The van der Waals surface area contributed by atoms with Gasteiger partial charge in [-0.15, -0.1) is 12.4 Å². The lowest BCUT2D eigenvalue weighted by atomic mass is 9.84. The third kappa shape index (κ3) is 4.99. The van der Waals surface area contributed by atoms with Crippen LogP contribution in [0.15, 0.2) is 30.3 Å². The summed E-state index contributed by atoms with van der Waals surface area (Å²) in [6.07, 6.45) is 5.95. The van der Waals surface area contributed by atoms with E-state index in [9.17, 15) is 4.79 Å². The largest absolute Gasteiger partial charge is 0.353 e. The molecule has 1 aromatic rings. The van der Waals surface area contributed by atoms with Crippen LogP contribution in [0.5, 0.6) is 0 Å². The minimum Gasteiger partial charge on any atom is -0.353 e. The van der Waals surface area contributed by atoms with Gasteiger partial charge in [0.2, 0.25) is 5.91 Å². The Balaban J connectivity index is 0.00000242. The Hall–Kier alpha value is -1.06. The molecule has 1 amide bonds. The van der Waals surface area contributed by atoms with Crippen molar-refractivity contribution in [3.05, 3.63) is 35.9 Å². The summed E-state index contributed by atoms with van der Waals surface area (Å²) in [5.41, 5.74) is 7.25. The number of hydrogen-bond acceptors (Lipinski definition) is 2. The molecule has 0 aliphatic heterocycles. The van der Waals surface area contributed by atoms with Crippen LogP contribution >= 0.6 is 12.4 Å². The number of rotatable bonds is 5. The van der Waals surface area contributed by atoms with Crippen molar-refractivity contribution in [2.24, 2.45) is 17.6 Å². The molecule has 22 heavy (non-hydrogen) atoms. The maximum absolute atomic E-state index is 12.4. The van der Waals surface area contributed by atoms with Crippen LogP contribution in [0.2, 0.25) is 0 Å². The standard InChI is InChI=1S/C18H28N2O.ClH/c1-3-14-9-11-16(12-10-14)20-18(21)13(2)17(19)15-7-5-4-6-8-15;/h4-8,13-14,16-17H,3,9-12,19H2,1-2H3,(H,20,21);1H. The highest BCUT2D eigenvalue weighted by atomic mass is 35.5. The molecule has 1 saturated carbocycles. The Morgan fingerprint density at radius 3 is 2.36 bits per heavy atom. The zero-order chi connectivity index (χ0) is 15.2. The molecule has 0 aromatic heterocycles. The Bertz CT molecular complexity index is 444. The van der Waals surface area contributed by atoms with Crippen LogP contribution in [0.1, 0.15) is 57.6 Å². The third-order valence-electron chi connectivity index (χ3n) is 4.91. The highest BCUT2D eigenvalue weighted by molar-refractivity contribution is 5.85. The molecule has 0 heterocycles. The average molecular weight is 325 g/mol. The van der Waals surface area contributed by atoms with Crippen molar-refractivity contribution in [2.45, 2.75) is 58.0 Å². The Morgan fingerprint density at radius 1 is 1.23 bits per heavy atom. The number of carbonyl (C=O) groups is 1. The zero-order valence-corrected chi connectivity index (χ0v) is 14.4. The Kier molecular flexibility index (Phi) is 7.91. The first-order chi connectivity index (χ1) is 10.1. The summed E-state index contributed by atoms with van der Waals surface area (Å²) in [6, 6.07) is 9.97. The topological polar surface area (TPSA) is 55.1 Å². The van der Waals surface area contributed by atoms with E-state index in [4.69, 9.17) is 5.73 Å². The third-order valence-corrected chi connectivity index (χ3v) is 4.91. The summed E-state index contributed by atoms with van der Waals surface area (Å²) >= 11 is 0. The van der Waals surface area contributed by atoms with Gasteiger partial charge in [-0.1, -0.05) is 50.6 Å². The van der Waals surface area contributed by atoms with Gasteiger partial charge >= 0.3 is 0 Å². The lowest BCUT2D eigenvalue weighted by Gasteiger charge is -2.30. The molecule has 1 aromatic carbocycles. The molecule has 2 unspecified atom stereocenters. The van der Waals surface area contributed by atoms with Crippen molar-refractivity contribution in [1.82, 2.24) is 5.32 Å². The lowest BCUT2D eigenvalue weighted by Crippen LogP contribution is -2.42. The first-order valence-electron chi connectivity index (χ1n) is 8.22. The highest BCUT2D eigenvalue weighted by Crippen LogP contribution is 2.27. The van der Waals surface area contributed by atoms with Crippen molar-refractivity contribution in [2.75, 3.05) is 0 Å². The minimum atomic E-state index is -0.238. The predicted molar refractivity (Wildman–Crippen MR) is 94.0 cm³/mol. The summed E-state index contributed by atoms with van der Waals surface area (Å²) in [6.45, 7) is 4.18. The van der Waals surface area contributed by atoms with E-state index in [-0.39, 0.29) is 30.3 Å². The number of nitrogens with two attached hydrogens (primary N) is 1. The molecule has 1 fully saturated rings. The molecule has 1 aliphatic rings. The van der Waals surface area contributed by atoms with E-state index in [0.717, 1.165) is 24.3 Å². The zero-order valence-electron chi connectivity index (χ0n) is 13.6. The van der Waals surface area contributed by atoms with Gasteiger partial charge in [-0.2, -0.15) is 0 Å². The van der Waals surface area contributed by atoms with E-state index in [1.165, 1.54) is 19.3 Å². The van der Waals surface area contributed by atoms with E-state index >= 15 is 0 Å². The van der Waals surface area contributed by atoms with Crippen LogP contribution < -0.4 is 11.1 Å². The summed E-state index contributed by atoms with van der Waals surface area (Å²) in [5.74, 6) is 0.741. The second kappa shape index (κ2) is 9.16. The summed E-state index contributed by atoms with van der Waals surface area (Å²) in [7, 11) is 0. The quantitative estimate of drug-likeness (QED) is 0.864. The molecule has 0 bridgehead atoms. The number of carbonyl (C=O) groups excluding carboxylic acids is 1. The number of halogens is 1. The van der Waals surface area contributed by atoms with E-state index in [2.05, 4.69) is 12.2 Å². The van der Waals surface area contributed by atoms with Gasteiger partial charge in [0.05, 0.1) is 5.92 Å². The van der Waals surface area contributed by atoms with Gasteiger partial charge in [0, 0.05) is 12.1 Å². The van der Waals surface area contributed by atoms with Crippen molar-refractivity contribution in [1.29, 1.82) is 0 Å². The second-order valence-electron chi connectivity index (χ2n) is 6.36. The molecular formula is C18H29ClN2O. The smallest absolute Gasteiger partial charge is 0.224 e. The fraction of sp³-hybridized carbons (Fsp3) is 0.611. The average Bonchev–Trinajstić information content (AvgIpc) is 2.55. The first kappa shape index (κ1) is 19.0. The molecule has 0 radical (unpaired) electrons. The molecule has 0 saturated heterocycles. The van der Waals surface area contributed by atoms with Crippen molar-refractivity contribution in [3.8, 4) is 0 Å². The SMILES string of the molecule is CCC1CCC(NC(=O)C(C)C(N)c2ccccc2)CC1.Cl. The van der Waals surface area contributed by atoms with E-state index in [0.29, 0.717) is 6.04 Å². The van der Waals surface area contributed by atoms with Gasteiger partial charge in [-0.05, 0) is 37.2 Å². The van der Waals surface area contributed by atoms with E-state index in [1.807, 2.05) is 37.3 Å². The van der Waals surface area contributed by atoms with Gasteiger partial charge < -0.3 is 11.1 Å². The molecule has 2 atom stereocenters. The molecule has 3 N–H and O–H groups in total. The molecule has 0 spiro atoms. The maximum Gasteiger partial charge on any atom is 0.224 e. The van der Waals surface area contributed by atoms with Crippen LogP contribution in [-0.2, 0) is 4.79 Å². The highest BCUT2D eigenvalue weighted by Gasteiger charge is 2.26. The second-order valence-corrected chi connectivity index (χ2v) is 6.36. The first-order valence-corrected chi connectivity index (χ1v) is 8.22. The molecule has 1 aliphatic carbocycles. The summed E-state index contributed by atoms with van der Waals surface area (Å²) in [5, 5.41) is 3.19. The van der Waals surface area contributed by atoms with Crippen molar-refractivity contribution >= 4 is 18.3 Å². The van der Waals surface area contributed by atoms with Gasteiger partial charge in [-0.25, -0.2) is 0 Å². The molecule has 124 valence electrons. The monoisotopic (exact) mass is 324 g/mol.